The van der Waals surface area contributed by atoms with Crippen LogP contribution in [0.15, 0.2) is 24.3 Å². The number of non-ortho nitro benzene ring substituents is 1. The summed E-state index contributed by atoms with van der Waals surface area (Å²) in [5, 5.41) is 18.5. The SMILES string of the molecule is O=C(Cc1ccc([N+](=O)[O-])cc1)NO. The Kier molecular flexibility index (Phi) is 3.14. The molecule has 0 spiro atoms. The molecule has 0 aliphatic heterocycles. The lowest BCUT2D eigenvalue weighted by Gasteiger charge is -1.98. The van der Waals surface area contributed by atoms with Crippen LogP contribution < -0.4 is 5.48 Å². The van der Waals surface area contributed by atoms with Crippen molar-refractivity contribution in [2.75, 3.05) is 0 Å². The molecule has 2 N–H and O–H groups in total. The fraction of sp³-hybridized carbons (Fsp3) is 0.125. The van der Waals surface area contributed by atoms with Gasteiger partial charge in [0.2, 0.25) is 5.91 Å². The van der Waals surface area contributed by atoms with Crippen LogP contribution in [0.1, 0.15) is 5.56 Å². The van der Waals surface area contributed by atoms with Crippen molar-refractivity contribution in [3.05, 3.63) is 39.9 Å². The lowest BCUT2D eigenvalue weighted by Crippen LogP contribution is -2.20. The van der Waals surface area contributed by atoms with Gasteiger partial charge in [0, 0.05) is 12.1 Å². The highest BCUT2D eigenvalue weighted by Gasteiger charge is 2.06. The summed E-state index contributed by atoms with van der Waals surface area (Å²) in [6.07, 6.45) is -0.00546. The summed E-state index contributed by atoms with van der Waals surface area (Å²) in [5.74, 6) is -0.557. The van der Waals surface area contributed by atoms with Gasteiger partial charge in [-0.2, -0.15) is 0 Å². The summed E-state index contributed by atoms with van der Waals surface area (Å²) in [5.41, 5.74) is 2.05. The van der Waals surface area contributed by atoms with E-state index in [1.54, 1.807) is 0 Å². The van der Waals surface area contributed by atoms with Gasteiger partial charge in [0.05, 0.1) is 11.3 Å². The standard InChI is InChI=1S/C8H8N2O4/c11-8(9-12)5-6-1-3-7(4-2-6)10(13)14/h1-4,12H,5H2,(H,9,11). The molecular formula is C8H8N2O4. The summed E-state index contributed by atoms with van der Waals surface area (Å²) in [4.78, 5) is 20.5. The monoisotopic (exact) mass is 196 g/mol. The molecule has 0 bridgehead atoms. The van der Waals surface area contributed by atoms with E-state index in [4.69, 9.17) is 5.21 Å². The van der Waals surface area contributed by atoms with Gasteiger partial charge in [0.25, 0.3) is 5.69 Å². The molecule has 1 rings (SSSR count). The normalized spacial score (nSPS) is 9.50. The molecule has 6 nitrogen and oxygen atoms in total. The quantitative estimate of drug-likeness (QED) is 0.421. The molecule has 0 saturated heterocycles. The number of hydroxylamine groups is 1. The molecule has 6 heteroatoms. The van der Waals surface area contributed by atoms with Crippen molar-refractivity contribution in [1.29, 1.82) is 0 Å². The van der Waals surface area contributed by atoms with Crippen LogP contribution in [-0.2, 0) is 11.2 Å². The van der Waals surface area contributed by atoms with E-state index in [2.05, 4.69) is 0 Å². The van der Waals surface area contributed by atoms with Gasteiger partial charge in [-0.15, -0.1) is 0 Å². The van der Waals surface area contributed by atoms with Crippen LogP contribution in [0.2, 0.25) is 0 Å². The first-order valence-electron chi connectivity index (χ1n) is 3.79. The molecule has 0 aliphatic carbocycles. The molecule has 0 aromatic heterocycles. The molecule has 0 aliphatic rings. The average molecular weight is 196 g/mol. The van der Waals surface area contributed by atoms with E-state index in [0.29, 0.717) is 5.56 Å². The molecule has 74 valence electrons. The van der Waals surface area contributed by atoms with Gasteiger partial charge < -0.3 is 0 Å². The van der Waals surface area contributed by atoms with Crippen molar-refractivity contribution in [3.63, 3.8) is 0 Å². The zero-order valence-electron chi connectivity index (χ0n) is 7.14. The number of nitrogens with zero attached hydrogens (tertiary/aromatic N) is 1. The number of hydrogen-bond acceptors (Lipinski definition) is 4. The molecule has 0 radical (unpaired) electrons. The van der Waals surface area contributed by atoms with Crippen molar-refractivity contribution in [1.82, 2.24) is 5.48 Å². The fourth-order valence-corrected chi connectivity index (χ4v) is 0.960. The molecule has 0 heterocycles. The second-order valence-electron chi connectivity index (χ2n) is 2.64. The minimum atomic E-state index is -0.557. The van der Waals surface area contributed by atoms with E-state index in [1.165, 1.54) is 29.7 Å². The van der Waals surface area contributed by atoms with Gasteiger partial charge in [0.15, 0.2) is 0 Å². The van der Waals surface area contributed by atoms with Crippen molar-refractivity contribution in [2.24, 2.45) is 0 Å². The summed E-state index contributed by atoms with van der Waals surface area (Å²) in [6.45, 7) is 0. The van der Waals surface area contributed by atoms with Crippen LogP contribution in [0, 0.1) is 10.1 Å². The number of carbonyl (C=O) groups excluding carboxylic acids is 1. The second-order valence-corrected chi connectivity index (χ2v) is 2.64. The second kappa shape index (κ2) is 4.33. The molecule has 1 amide bonds. The summed E-state index contributed by atoms with van der Waals surface area (Å²) >= 11 is 0. The first kappa shape index (κ1) is 10.1. The number of nitro benzene ring substituents is 1. The Morgan fingerprint density at radius 2 is 2.00 bits per heavy atom. The number of rotatable bonds is 3. The summed E-state index contributed by atoms with van der Waals surface area (Å²) in [7, 11) is 0. The van der Waals surface area contributed by atoms with Crippen molar-refractivity contribution >= 4 is 11.6 Å². The number of nitrogens with one attached hydrogen (secondary N) is 1. The van der Waals surface area contributed by atoms with Crippen molar-refractivity contribution in [3.8, 4) is 0 Å². The van der Waals surface area contributed by atoms with Crippen LogP contribution in [0.25, 0.3) is 0 Å². The van der Waals surface area contributed by atoms with Gasteiger partial charge in [-0.1, -0.05) is 12.1 Å². The van der Waals surface area contributed by atoms with Crippen molar-refractivity contribution < 1.29 is 14.9 Å². The van der Waals surface area contributed by atoms with Gasteiger partial charge in [-0.3, -0.25) is 20.1 Å². The highest BCUT2D eigenvalue weighted by Crippen LogP contribution is 2.11. The summed E-state index contributed by atoms with van der Waals surface area (Å²) in [6, 6.07) is 5.54. The van der Waals surface area contributed by atoms with Crippen LogP contribution >= 0.6 is 0 Å². The average Bonchev–Trinajstić information content (AvgIpc) is 2.18. The molecule has 1 aromatic rings. The van der Waals surface area contributed by atoms with Crippen molar-refractivity contribution in [2.45, 2.75) is 6.42 Å². The predicted molar refractivity (Wildman–Crippen MR) is 46.7 cm³/mol. The van der Waals surface area contributed by atoms with Gasteiger partial charge in [-0.05, 0) is 5.56 Å². The summed E-state index contributed by atoms with van der Waals surface area (Å²) < 4.78 is 0. The number of carbonyl (C=O) groups is 1. The molecule has 1 aromatic carbocycles. The van der Waals surface area contributed by atoms with E-state index in [0.717, 1.165) is 0 Å². The minimum Gasteiger partial charge on any atom is -0.289 e. The molecule has 0 atom stereocenters. The smallest absolute Gasteiger partial charge is 0.269 e. The maximum Gasteiger partial charge on any atom is 0.269 e. The number of nitro groups is 1. The molecule has 14 heavy (non-hydrogen) atoms. The van der Waals surface area contributed by atoms with E-state index in [1.807, 2.05) is 0 Å². The van der Waals surface area contributed by atoms with E-state index < -0.39 is 10.8 Å². The number of benzene rings is 1. The Hall–Kier alpha value is -1.95. The number of hydrogen-bond donors (Lipinski definition) is 2. The molecule has 0 fully saturated rings. The highest BCUT2D eigenvalue weighted by molar-refractivity contribution is 5.77. The maximum absolute atomic E-state index is 10.7. The van der Waals surface area contributed by atoms with E-state index >= 15 is 0 Å². The highest BCUT2D eigenvalue weighted by atomic mass is 16.6. The first-order chi connectivity index (χ1) is 6.63. The van der Waals surface area contributed by atoms with Crippen LogP contribution in [0.3, 0.4) is 0 Å². The lowest BCUT2D eigenvalue weighted by molar-refractivity contribution is -0.384. The van der Waals surface area contributed by atoms with Gasteiger partial charge in [-0.25, -0.2) is 5.48 Å². The maximum atomic E-state index is 10.7. The largest absolute Gasteiger partial charge is 0.289 e. The fourth-order valence-electron chi connectivity index (χ4n) is 0.960. The van der Waals surface area contributed by atoms with Crippen LogP contribution in [0.4, 0.5) is 5.69 Å². The zero-order valence-corrected chi connectivity index (χ0v) is 7.14. The Balaban J connectivity index is 2.73. The van der Waals surface area contributed by atoms with E-state index in [-0.39, 0.29) is 12.1 Å². The van der Waals surface area contributed by atoms with Crippen LogP contribution in [-0.4, -0.2) is 16.0 Å². The van der Waals surface area contributed by atoms with E-state index in [9.17, 15) is 14.9 Å². The zero-order chi connectivity index (χ0) is 10.6. The molecular weight excluding hydrogens is 188 g/mol. The Bertz CT molecular complexity index is 347. The third kappa shape index (κ3) is 2.53. The predicted octanol–water partition coefficient (Wildman–Crippen LogP) is 0.643. The first-order valence-corrected chi connectivity index (χ1v) is 3.79. The third-order valence-corrected chi connectivity index (χ3v) is 1.64. The topological polar surface area (TPSA) is 92.5 Å². The third-order valence-electron chi connectivity index (χ3n) is 1.64. The lowest BCUT2D eigenvalue weighted by atomic mass is 10.1. The van der Waals surface area contributed by atoms with Gasteiger partial charge in [0.1, 0.15) is 0 Å². The van der Waals surface area contributed by atoms with Crippen LogP contribution in [0.5, 0.6) is 0 Å². The Morgan fingerprint density at radius 1 is 1.43 bits per heavy atom. The minimum absolute atomic E-state index is 0.00546. The van der Waals surface area contributed by atoms with Gasteiger partial charge >= 0.3 is 0 Å². The Labute approximate surface area is 79.3 Å². The number of amides is 1. The molecule has 0 saturated carbocycles. The Morgan fingerprint density at radius 3 is 2.43 bits per heavy atom. The molecule has 0 unspecified atom stereocenters.